The molecule has 0 amide bonds. The molecule has 3 rings (SSSR count). The van der Waals surface area contributed by atoms with E-state index in [1.165, 1.54) is 11.1 Å². The Morgan fingerprint density at radius 2 is 1.65 bits per heavy atom. The van der Waals surface area contributed by atoms with Crippen LogP contribution in [-0.2, 0) is 6.54 Å². The fraction of sp³-hybridized carbons (Fsp3) is 0.238. The van der Waals surface area contributed by atoms with E-state index < -0.39 is 0 Å². The lowest BCUT2D eigenvalue weighted by Crippen LogP contribution is -2.40. The van der Waals surface area contributed by atoms with Crippen LogP contribution in [0.3, 0.4) is 0 Å². The molecule has 2 aromatic rings. The van der Waals surface area contributed by atoms with Crippen molar-refractivity contribution in [2.24, 2.45) is 11.7 Å². The Labute approximate surface area is 138 Å². The molecule has 0 heterocycles. The normalized spacial score (nSPS) is 21.7. The lowest BCUT2D eigenvalue weighted by Gasteiger charge is -2.32. The zero-order chi connectivity index (χ0) is 16.1. The van der Waals surface area contributed by atoms with Crippen molar-refractivity contribution in [2.45, 2.75) is 25.6 Å². The SMILES string of the molecule is CC1C=CC=C(C(N)c2ccccc2)C1NCc1ccccc1. The standard InChI is InChI=1S/C21H24N2/c1-16-9-8-14-19(20(22)18-12-6-3-7-13-18)21(16)23-15-17-10-4-2-5-11-17/h2-14,16,20-21,23H,15,22H2,1H3. The van der Waals surface area contributed by atoms with Gasteiger partial charge >= 0.3 is 0 Å². The predicted molar refractivity (Wildman–Crippen MR) is 96.8 cm³/mol. The van der Waals surface area contributed by atoms with Gasteiger partial charge in [0.15, 0.2) is 0 Å². The highest BCUT2D eigenvalue weighted by atomic mass is 14.9. The van der Waals surface area contributed by atoms with Crippen LogP contribution in [0.2, 0.25) is 0 Å². The van der Waals surface area contributed by atoms with Crippen LogP contribution in [0, 0.1) is 5.92 Å². The molecule has 118 valence electrons. The molecule has 3 unspecified atom stereocenters. The van der Waals surface area contributed by atoms with E-state index in [9.17, 15) is 0 Å². The minimum atomic E-state index is -0.0723. The molecule has 0 aromatic heterocycles. The maximum absolute atomic E-state index is 6.55. The van der Waals surface area contributed by atoms with Crippen molar-refractivity contribution in [3.63, 3.8) is 0 Å². The van der Waals surface area contributed by atoms with Gasteiger partial charge < -0.3 is 11.1 Å². The molecule has 2 heteroatoms. The highest BCUT2D eigenvalue weighted by Crippen LogP contribution is 2.29. The van der Waals surface area contributed by atoms with E-state index in [0.29, 0.717) is 5.92 Å². The van der Waals surface area contributed by atoms with Gasteiger partial charge in [-0.15, -0.1) is 0 Å². The zero-order valence-electron chi connectivity index (χ0n) is 13.5. The number of nitrogens with one attached hydrogen (secondary N) is 1. The molecule has 1 aliphatic carbocycles. The minimum Gasteiger partial charge on any atom is -0.320 e. The topological polar surface area (TPSA) is 38.0 Å². The van der Waals surface area contributed by atoms with Crippen molar-refractivity contribution in [2.75, 3.05) is 0 Å². The van der Waals surface area contributed by atoms with E-state index in [4.69, 9.17) is 5.73 Å². The van der Waals surface area contributed by atoms with Crippen LogP contribution >= 0.6 is 0 Å². The highest BCUT2D eigenvalue weighted by Gasteiger charge is 2.26. The Morgan fingerprint density at radius 3 is 2.35 bits per heavy atom. The maximum Gasteiger partial charge on any atom is 0.0529 e. The highest BCUT2D eigenvalue weighted by molar-refractivity contribution is 5.36. The summed E-state index contributed by atoms with van der Waals surface area (Å²) in [5.41, 5.74) is 10.3. The van der Waals surface area contributed by atoms with Crippen molar-refractivity contribution in [3.8, 4) is 0 Å². The molecule has 0 spiro atoms. The van der Waals surface area contributed by atoms with Gasteiger partial charge in [0.25, 0.3) is 0 Å². The van der Waals surface area contributed by atoms with Gasteiger partial charge in [-0.2, -0.15) is 0 Å². The molecule has 0 aliphatic heterocycles. The third kappa shape index (κ3) is 3.79. The molecule has 2 aromatic carbocycles. The quantitative estimate of drug-likeness (QED) is 0.877. The number of hydrogen-bond donors (Lipinski definition) is 2. The largest absolute Gasteiger partial charge is 0.320 e. The second-order valence-corrected chi connectivity index (χ2v) is 6.14. The lowest BCUT2D eigenvalue weighted by molar-refractivity contribution is 0.453. The first kappa shape index (κ1) is 15.7. The summed E-state index contributed by atoms with van der Waals surface area (Å²) >= 11 is 0. The summed E-state index contributed by atoms with van der Waals surface area (Å²) in [6, 6.07) is 21.0. The number of allylic oxidation sites excluding steroid dienone is 2. The average molecular weight is 304 g/mol. The first-order valence-corrected chi connectivity index (χ1v) is 8.22. The Hall–Kier alpha value is -2.16. The van der Waals surface area contributed by atoms with Gasteiger partial charge in [0.2, 0.25) is 0 Å². The molecule has 0 saturated carbocycles. The Bertz CT molecular complexity index is 674. The summed E-state index contributed by atoms with van der Waals surface area (Å²) in [5, 5.41) is 3.69. The minimum absolute atomic E-state index is 0.0723. The molecular formula is C21H24N2. The number of nitrogens with two attached hydrogens (primary N) is 1. The lowest BCUT2D eigenvalue weighted by atomic mass is 9.83. The molecule has 3 atom stereocenters. The molecule has 0 bridgehead atoms. The summed E-state index contributed by atoms with van der Waals surface area (Å²) < 4.78 is 0. The molecule has 0 fully saturated rings. The zero-order valence-corrected chi connectivity index (χ0v) is 13.5. The second kappa shape index (κ2) is 7.40. The van der Waals surface area contributed by atoms with Crippen LogP contribution in [-0.4, -0.2) is 6.04 Å². The molecule has 23 heavy (non-hydrogen) atoms. The van der Waals surface area contributed by atoms with Gasteiger partial charge in [0, 0.05) is 12.6 Å². The first-order chi connectivity index (χ1) is 11.3. The van der Waals surface area contributed by atoms with Crippen molar-refractivity contribution >= 4 is 0 Å². The van der Waals surface area contributed by atoms with Crippen molar-refractivity contribution in [3.05, 3.63) is 95.6 Å². The third-order valence-corrected chi connectivity index (χ3v) is 4.47. The van der Waals surface area contributed by atoms with Crippen molar-refractivity contribution in [1.29, 1.82) is 0 Å². The Morgan fingerprint density at radius 1 is 1.00 bits per heavy atom. The molecule has 3 N–H and O–H groups in total. The molecular weight excluding hydrogens is 280 g/mol. The first-order valence-electron chi connectivity index (χ1n) is 8.22. The van der Waals surface area contributed by atoms with E-state index in [-0.39, 0.29) is 12.1 Å². The fourth-order valence-corrected chi connectivity index (χ4v) is 3.14. The summed E-state index contributed by atoms with van der Waals surface area (Å²) in [4.78, 5) is 0. The molecule has 0 saturated heterocycles. The number of rotatable bonds is 5. The second-order valence-electron chi connectivity index (χ2n) is 6.14. The Balaban J connectivity index is 1.76. The number of benzene rings is 2. The van der Waals surface area contributed by atoms with Crippen molar-refractivity contribution < 1.29 is 0 Å². The van der Waals surface area contributed by atoms with Crippen LogP contribution in [0.25, 0.3) is 0 Å². The summed E-state index contributed by atoms with van der Waals surface area (Å²) in [7, 11) is 0. The summed E-state index contributed by atoms with van der Waals surface area (Å²) in [6.45, 7) is 3.09. The molecule has 2 nitrogen and oxygen atoms in total. The van der Waals surface area contributed by atoms with Crippen LogP contribution < -0.4 is 11.1 Å². The van der Waals surface area contributed by atoms with Gasteiger partial charge in [-0.3, -0.25) is 0 Å². The van der Waals surface area contributed by atoms with Gasteiger partial charge in [0.1, 0.15) is 0 Å². The van der Waals surface area contributed by atoms with Gasteiger partial charge in [0.05, 0.1) is 6.04 Å². The van der Waals surface area contributed by atoms with E-state index in [0.717, 1.165) is 12.1 Å². The van der Waals surface area contributed by atoms with E-state index >= 15 is 0 Å². The van der Waals surface area contributed by atoms with Crippen molar-refractivity contribution in [1.82, 2.24) is 5.32 Å². The van der Waals surface area contributed by atoms with Crippen LogP contribution in [0.4, 0.5) is 0 Å². The monoisotopic (exact) mass is 304 g/mol. The van der Waals surface area contributed by atoms with Crippen LogP contribution in [0.5, 0.6) is 0 Å². The predicted octanol–water partition coefficient (Wildman–Crippen LogP) is 3.98. The fourth-order valence-electron chi connectivity index (χ4n) is 3.14. The van der Waals surface area contributed by atoms with Crippen LogP contribution in [0.15, 0.2) is 84.5 Å². The third-order valence-electron chi connectivity index (χ3n) is 4.47. The molecule has 0 radical (unpaired) electrons. The van der Waals surface area contributed by atoms with E-state index in [2.05, 4.69) is 66.9 Å². The smallest absolute Gasteiger partial charge is 0.0529 e. The number of hydrogen-bond acceptors (Lipinski definition) is 2. The van der Waals surface area contributed by atoms with Gasteiger partial charge in [-0.1, -0.05) is 85.8 Å². The average Bonchev–Trinajstić information content (AvgIpc) is 2.61. The van der Waals surface area contributed by atoms with Gasteiger partial charge in [-0.25, -0.2) is 0 Å². The maximum atomic E-state index is 6.55. The van der Waals surface area contributed by atoms with E-state index in [1.807, 2.05) is 24.3 Å². The Kier molecular flexibility index (Phi) is 5.06. The van der Waals surface area contributed by atoms with Gasteiger partial charge in [-0.05, 0) is 22.6 Å². The molecule has 1 aliphatic rings. The van der Waals surface area contributed by atoms with Crippen LogP contribution in [0.1, 0.15) is 24.1 Å². The van der Waals surface area contributed by atoms with E-state index in [1.54, 1.807) is 0 Å². The summed E-state index contributed by atoms with van der Waals surface area (Å²) in [5.74, 6) is 0.425. The summed E-state index contributed by atoms with van der Waals surface area (Å²) in [6.07, 6.45) is 6.54.